The molecule has 5 heteroatoms. The summed E-state index contributed by atoms with van der Waals surface area (Å²) in [6.45, 7) is 3.08. The number of fused-ring (bicyclic) bond motifs is 1. The number of nitrogens with zero attached hydrogens (tertiary/aromatic N) is 2. The second-order valence-electron chi connectivity index (χ2n) is 8.13. The molecule has 5 rings (SSSR count). The van der Waals surface area contributed by atoms with Gasteiger partial charge in [0.1, 0.15) is 11.9 Å². The first kappa shape index (κ1) is 18.0. The fourth-order valence-corrected chi connectivity index (χ4v) is 4.18. The fraction of sp³-hybridized carbons (Fsp3) is 0.333. The topological polar surface area (TPSA) is 51.5 Å². The number of rotatable bonds is 5. The second kappa shape index (κ2) is 7.07. The Bertz CT molecular complexity index is 1140. The highest BCUT2D eigenvalue weighted by atomic mass is 16.5. The Morgan fingerprint density at radius 1 is 1.07 bits per heavy atom. The summed E-state index contributed by atoms with van der Waals surface area (Å²) in [5.41, 5.74) is 2.00. The average Bonchev–Trinajstić information content (AvgIpc) is 3.49. The summed E-state index contributed by atoms with van der Waals surface area (Å²) >= 11 is 0. The van der Waals surface area contributed by atoms with Crippen LogP contribution in [-0.4, -0.2) is 34.6 Å². The van der Waals surface area contributed by atoms with E-state index >= 15 is 0 Å². The van der Waals surface area contributed by atoms with E-state index in [1.807, 2.05) is 46.7 Å². The second-order valence-corrected chi connectivity index (χ2v) is 8.13. The first-order chi connectivity index (χ1) is 14.1. The molecule has 0 radical (unpaired) electrons. The number of carbonyl (C=O) groups excluding carboxylic acids is 1. The van der Waals surface area contributed by atoms with E-state index in [1.54, 1.807) is 6.07 Å². The maximum atomic E-state index is 12.7. The highest BCUT2D eigenvalue weighted by Crippen LogP contribution is 2.35. The summed E-state index contributed by atoms with van der Waals surface area (Å²) in [6, 6.07) is 18.1. The molecule has 0 bridgehead atoms. The first-order valence-corrected chi connectivity index (χ1v) is 10.2. The Labute approximate surface area is 169 Å². The summed E-state index contributed by atoms with van der Waals surface area (Å²) in [7, 11) is 0. The Morgan fingerprint density at radius 2 is 1.83 bits per heavy atom. The van der Waals surface area contributed by atoms with Crippen LogP contribution < -0.4 is 10.3 Å². The molecule has 2 aromatic carbocycles. The minimum Gasteiger partial charge on any atom is -0.486 e. The van der Waals surface area contributed by atoms with Crippen LogP contribution in [0.15, 0.2) is 59.4 Å². The molecule has 0 spiro atoms. The van der Waals surface area contributed by atoms with Crippen LogP contribution in [0.3, 0.4) is 0 Å². The van der Waals surface area contributed by atoms with E-state index in [-0.39, 0.29) is 17.6 Å². The maximum absolute atomic E-state index is 12.7. The zero-order chi connectivity index (χ0) is 20.0. The molecule has 1 saturated carbocycles. The molecule has 0 unspecified atom stereocenters. The SMILES string of the molecule is Cc1cc(OC2CN(C(=O)Cc3cccc4ccccc34)C2)cc(=O)n1C1CC1. The van der Waals surface area contributed by atoms with Gasteiger partial charge in [0.25, 0.3) is 5.56 Å². The summed E-state index contributed by atoms with van der Waals surface area (Å²) in [6.07, 6.45) is 2.50. The number of carbonyl (C=O) groups is 1. The van der Waals surface area contributed by atoms with Gasteiger partial charge in [0, 0.05) is 17.8 Å². The van der Waals surface area contributed by atoms with Crippen molar-refractivity contribution >= 4 is 16.7 Å². The van der Waals surface area contributed by atoms with Crippen molar-refractivity contribution in [3.63, 3.8) is 0 Å². The van der Waals surface area contributed by atoms with Gasteiger partial charge < -0.3 is 14.2 Å². The van der Waals surface area contributed by atoms with E-state index in [1.165, 1.54) is 0 Å². The van der Waals surface area contributed by atoms with E-state index < -0.39 is 0 Å². The standard InChI is InChI=1S/C24H24N2O3/c1-16-11-20(13-24(28)26(16)19-9-10-19)29-21-14-25(15-21)23(27)12-18-7-4-6-17-5-2-3-8-22(17)18/h2-8,11,13,19,21H,9-10,12,14-15H2,1H3. The van der Waals surface area contributed by atoms with Crippen molar-refractivity contribution in [3.05, 3.63) is 76.2 Å². The molecule has 1 amide bonds. The summed E-state index contributed by atoms with van der Waals surface area (Å²) in [5.74, 6) is 0.720. The smallest absolute Gasteiger partial charge is 0.254 e. The van der Waals surface area contributed by atoms with Crippen molar-refractivity contribution < 1.29 is 9.53 Å². The number of aryl methyl sites for hydroxylation is 1. The van der Waals surface area contributed by atoms with Crippen LogP contribution in [0.5, 0.6) is 5.75 Å². The van der Waals surface area contributed by atoms with Crippen molar-refractivity contribution in [3.8, 4) is 5.75 Å². The van der Waals surface area contributed by atoms with Gasteiger partial charge in [-0.05, 0) is 42.2 Å². The monoisotopic (exact) mass is 388 g/mol. The van der Waals surface area contributed by atoms with Crippen LogP contribution in [0.4, 0.5) is 0 Å². The number of hydrogen-bond donors (Lipinski definition) is 0. The van der Waals surface area contributed by atoms with Gasteiger partial charge in [-0.25, -0.2) is 0 Å². The Kier molecular flexibility index (Phi) is 4.38. The van der Waals surface area contributed by atoms with E-state index in [0.717, 1.165) is 34.9 Å². The molecule has 2 heterocycles. The molecule has 29 heavy (non-hydrogen) atoms. The van der Waals surface area contributed by atoms with E-state index in [0.29, 0.717) is 31.3 Å². The fourth-order valence-electron chi connectivity index (χ4n) is 4.18. The van der Waals surface area contributed by atoms with Crippen LogP contribution in [0.2, 0.25) is 0 Å². The van der Waals surface area contributed by atoms with Crippen molar-refractivity contribution in [1.82, 2.24) is 9.47 Å². The summed E-state index contributed by atoms with van der Waals surface area (Å²) in [5, 5.41) is 2.28. The van der Waals surface area contributed by atoms with E-state index in [2.05, 4.69) is 18.2 Å². The molecule has 3 aromatic rings. The number of aromatic nitrogens is 1. The molecule has 1 aromatic heterocycles. The Hall–Kier alpha value is -3.08. The normalized spacial score (nSPS) is 16.7. The lowest BCUT2D eigenvalue weighted by Gasteiger charge is -2.39. The van der Waals surface area contributed by atoms with Gasteiger partial charge in [0.05, 0.1) is 19.5 Å². The molecule has 0 atom stereocenters. The number of likely N-dealkylation sites (tertiary alicyclic amines) is 1. The van der Waals surface area contributed by atoms with E-state index in [9.17, 15) is 9.59 Å². The summed E-state index contributed by atoms with van der Waals surface area (Å²) in [4.78, 5) is 26.8. The zero-order valence-electron chi connectivity index (χ0n) is 16.5. The van der Waals surface area contributed by atoms with Gasteiger partial charge in [-0.15, -0.1) is 0 Å². The molecule has 0 N–H and O–H groups in total. The van der Waals surface area contributed by atoms with Crippen LogP contribution in [-0.2, 0) is 11.2 Å². The number of amides is 1. The predicted molar refractivity (Wildman–Crippen MR) is 112 cm³/mol. The largest absolute Gasteiger partial charge is 0.486 e. The van der Waals surface area contributed by atoms with Crippen molar-refractivity contribution in [2.75, 3.05) is 13.1 Å². The third kappa shape index (κ3) is 3.53. The quantitative estimate of drug-likeness (QED) is 0.672. The average molecular weight is 388 g/mol. The molecule has 5 nitrogen and oxygen atoms in total. The lowest BCUT2D eigenvalue weighted by Crippen LogP contribution is -2.56. The maximum Gasteiger partial charge on any atom is 0.254 e. The van der Waals surface area contributed by atoms with Gasteiger partial charge in [-0.2, -0.15) is 0 Å². The van der Waals surface area contributed by atoms with Gasteiger partial charge in [-0.1, -0.05) is 42.5 Å². The molecule has 1 aliphatic heterocycles. The van der Waals surface area contributed by atoms with Crippen molar-refractivity contribution in [2.45, 2.75) is 38.3 Å². The number of ether oxygens (including phenoxy) is 1. The number of benzene rings is 2. The molecule has 2 aliphatic rings. The van der Waals surface area contributed by atoms with Crippen molar-refractivity contribution in [2.24, 2.45) is 0 Å². The lowest BCUT2D eigenvalue weighted by molar-refractivity contribution is -0.139. The Morgan fingerprint density at radius 3 is 2.59 bits per heavy atom. The molecule has 148 valence electrons. The van der Waals surface area contributed by atoms with Gasteiger partial charge in [-0.3, -0.25) is 9.59 Å². The molecule has 1 saturated heterocycles. The predicted octanol–water partition coefficient (Wildman–Crippen LogP) is 3.48. The van der Waals surface area contributed by atoms with Crippen LogP contribution in [0.1, 0.15) is 30.1 Å². The van der Waals surface area contributed by atoms with Crippen LogP contribution in [0.25, 0.3) is 10.8 Å². The minimum absolute atomic E-state index is 0.00529. The third-order valence-corrected chi connectivity index (χ3v) is 5.87. The molecular weight excluding hydrogens is 364 g/mol. The van der Waals surface area contributed by atoms with Gasteiger partial charge in [0.2, 0.25) is 5.91 Å². The summed E-state index contributed by atoms with van der Waals surface area (Å²) < 4.78 is 7.82. The van der Waals surface area contributed by atoms with Crippen molar-refractivity contribution in [1.29, 1.82) is 0 Å². The highest BCUT2D eigenvalue weighted by Gasteiger charge is 2.33. The zero-order valence-corrected chi connectivity index (χ0v) is 16.5. The third-order valence-electron chi connectivity index (χ3n) is 5.87. The van der Waals surface area contributed by atoms with Gasteiger partial charge in [0.15, 0.2) is 0 Å². The molecule has 1 aliphatic carbocycles. The van der Waals surface area contributed by atoms with Crippen LogP contribution in [0, 0.1) is 6.92 Å². The molecule has 2 fully saturated rings. The molecular formula is C24H24N2O3. The van der Waals surface area contributed by atoms with Crippen LogP contribution >= 0.6 is 0 Å². The highest BCUT2D eigenvalue weighted by molar-refractivity contribution is 5.90. The Balaban J connectivity index is 1.21. The number of hydrogen-bond acceptors (Lipinski definition) is 3. The lowest BCUT2D eigenvalue weighted by atomic mass is 10.0. The first-order valence-electron chi connectivity index (χ1n) is 10.2. The van der Waals surface area contributed by atoms with Gasteiger partial charge >= 0.3 is 0 Å². The number of pyridine rings is 1. The minimum atomic E-state index is -0.0537. The van der Waals surface area contributed by atoms with E-state index in [4.69, 9.17) is 4.74 Å².